The molecule has 22 heavy (non-hydrogen) atoms. The Morgan fingerprint density at radius 1 is 1.05 bits per heavy atom. The lowest BCUT2D eigenvalue weighted by Gasteiger charge is -2.19. The molecule has 2 aromatic rings. The number of hydrogen-bond acceptors (Lipinski definition) is 3. The predicted octanol–water partition coefficient (Wildman–Crippen LogP) is 3.83. The molecule has 4 nitrogen and oxygen atoms in total. The van der Waals surface area contributed by atoms with Gasteiger partial charge in [-0.25, -0.2) is 9.78 Å². The molecule has 0 aliphatic carbocycles. The van der Waals surface area contributed by atoms with Crippen molar-refractivity contribution in [1.29, 1.82) is 0 Å². The molecule has 0 bridgehead atoms. The van der Waals surface area contributed by atoms with Gasteiger partial charge in [0.15, 0.2) is 0 Å². The molecule has 0 saturated carbocycles. The van der Waals surface area contributed by atoms with Crippen LogP contribution >= 0.6 is 0 Å². The van der Waals surface area contributed by atoms with Crippen LogP contribution in [0.15, 0.2) is 48.7 Å². The highest BCUT2D eigenvalue weighted by molar-refractivity contribution is 5.83. The number of aromatic nitrogens is 1. The molecule has 0 saturated heterocycles. The summed E-state index contributed by atoms with van der Waals surface area (Å²) in [7, 11) is 0. The fourth-order valence-corrected chi connectivity index (χ4v) is 1.62. The van der Waals surface area contributed by atoms with Crippen molar-refractivity contribution in [2.45, 2.75) is 26.4 Å². The average molecular weight is 294 g/mol. The number of rotatable bonds is 1. The lowest BCUT2D eigenvalue weighted by Crippen LogP contribution is -2.27. The molecule has 0 aliphatic rings. The van der Waals surface area contributed by atoms with Crippen LogP contribution in [-0.2, 0) is 4.74 Å². The van der Waals surface area contributed by atoms with E-state index >= 15 is 0 Å². The number of carbonyl (C=O) groups excluding carboxylic acids is 1. The van der Waals surface area contributed by atoms with E-state index in [-0.39, 0.29) is 0 Å². The summed E-state index contributed by atoms with van der Waals surface area (Å²) in [6, 6.07) is 13.2. The molecule has 4 heteroatoms. The van der Waals surface area contributed by atoms with E-state index in [4.69, 9.17) is 4.74 Å². The van der Waals surface area contributed by atoms with Crippen LogP contribution in [0.5, 0.6) is 0 Å². The first kappa shape index (κ1) is 15.6. The topological polar surface area (TPSA) is 51.2 Å². The van der Waals surface area contributed by atoms with Crippen molar-refractivity contribution in [3.05, 3.63) is 59.8 Å². The molecule has 1 aromatic heterocycles. The van der Waals surface area contributed by atoms with Gasteiger partial charge in [-0.2, -0.15) is 0 Å². The lowest BCUT2D eigenvalue weighted by atomic mass is 10.2. The fourth-order valence-electron chi connectivity index (χ4n) is 1.62. The van der Waals surface area contributed by atoms with Crippen LogP contribution < -0.4 is 5.32 Å². The molecule has 0 fully saturated rings. The second kappa shape index (κ2) is 6.77. The number of nitrogens with one attached hydrogen (secondary N) is 1. The second-order valence-electron chi connectivity index (χ2n) is 5.68. The first-order valence-electron chi connectivity index (χ1n) is 6.95. The number of anilines is 1. The zero-order valence-corrected chi connectivity index (χ0v) is 12.9. The molecule has 0 atom stereocenters. The average Bonchev–Trinajstić information content (AvgIpc) is 2.45. The van der Waals surface area contributed by atoms with Crippen LogP contribution in [-0.4, -0.2) is 16.7 Å². The van der Waals surface area contributed by atoms with Crippen LogP contribution in [0.1, 0.15) is 31.9 Å². The minimum Gasteiger partial charge on any atom is -0.444 e. The summed E-state index contributed by atoms with van der Waals surface area (Å²) in [5.74, 6) is 6.50. The van der Waals surface area contributed by atoms with Gasteiger partial charge in [-0.05, 0) is 45.0 Å². The van der Waals surface area contributed by atoms with Gasteiger partial charge < -0.3 is 4.74 Å². The van der Waals surface area contributed by atoms with Crippen molar-refractivity contribution >= 4 is 11.9 Å². The summed E-state index contributed by atoms with van der Waals surface area (Å²) < 4.78 is 5.16. The van der Waals surface area contributed by atoms with Gasteiger partial charge in [0.25, 0.3) is 0 Å². The highest BCUT2D eigenvalue weighted by Gasteiger charge is 2.16. The first-order valence-corrected chi connectivity index (χ1v) is 6.95. The van der Waals surface area contributed by atoms with Crippen LogP contribution in [0.2, 0.25) is 0 Å². The van der Waals surface area contributed by atoms with E-state index in [1.807, 2.05) is 51.1 Å². The highest BCUT2D eigenvalue weighted by Crippen LogP contribution is 2.10. The summed E-state index contributed by atoms with van der Waals surface area (Å²) in [5, 5.41) is 2.58. The van der Waals surface area contributed by atoms with Gasteiger partial charge in [0.2, 0.25) is 0 Å². The molecule has 0 spiro atoms. The zero-order valence-electron chi connectivity index (χ0n) is 12.9. The predicted molar refractivity (Wildman–Crippen MR) is 86.5 cm³/mol. The molecule has 1 N–H and O–H groups in total. The quantitative estimate of drug-likeness (QED) is 0.813. The molecule has 0 unspecified atom stereocenters. The van der Waals surface area contributed by atoms with Crippen molar-refractivity contribution in [3.63, 3.8) is 0 Å². The van der Waals surface area contributed by atoms with Crippen LogP contribution in [0, 0.1) is 11.8 Å². The third kappa shape index (κ3) is 5.29. The van der Waals surface area contributed by atoms with E-state index in [0.29, 0.717) is 5.82 Å². The van der Waals surface area contributed by atoms with Crippen LogP contribution in [0.3, 0.4) is 0 Å². The van der Waals surface area contributed by atoms with Gasteiger partial charge in [-0.3, -0.25) is 5.32 Å². The number of hydrogen-bond donors (Lipinski definition) is 1. The van der Waals surface area contributed by atoms with Crippen molar-refractivity contribution in [1.82, 2.24) is 4.98 Å². The molecule has 2 rings (SSSR count). The van der Waals surface area contributed by atoms with E-state index in [1.54, 1.807) is 18.3 Å². The Bertz CT molecular complexity index is 690. The molecule has 1 heterocycles. The maximum absolute atomic E-state index is 11.6. The largest absolute Gasteiger partial charge is 0.444 e. The number of amides is 1. The number of carbonyl (C=O) groups is 1. The summed E-state index contributed by atoms with van der Waals surface area (Å²) >= 11 is 0. The Kier molecular flexibility index (Phi) is 4.80. The number of nitrogens with zero attached hydrogens (tertiary/aromatic N) is 1. The number of ether oxygens (including phenoxy) is 1. The van der Waals surface area contributed by atoms with E-state index in [1.165, 1.54) is 0 Å². The van der Waals surface area contributed by atoms with Gasteiger partial charge in [0.1, 0.15) is 11.4 Å². The summed E-state index contributed by atoms with van der Waals surface area (Å²) in [6.45, 7) is 5.42. The maximum Gasteiger partial charge on any atom is 0.413 e. The minimum absolute atomic E-state index is 0.430. The molecule has 112 valence electrons. The highest BCUT2D eigenvalue weighted by atomic mass is 16.6. The van der Waals surface area contributed by atoms with Crippen molar-refractivity contribution in [2.24, 2.45) is 0 Å². The molecular weight excluding hydrogens is 276 g/mol. The summed E-state index contributed by atoms with van der Waals surface area (Å²) in [6.07, 6.45) is 1.09. The van der Waals surface area contributed by atoms with E-state index in [2.05, 4.69) is 22.1 Å². The molecular formula is C18H18N2O2. The molecule has 1 aromatic carbocycles. The van der Waals surface area contributed by atoms with Crippen LogP contribution in [0.4, 0.5) is 10.6 Å². The maximum atomic E-state index is 11.6. The Morgan fingerprint density at radius 2 is 1.73 bits per heavy atom. The Labute approximate surface area is 130 Å². The van der Waals surface area contributed by atoms with Gasteiger partial charge in [-0.1, -0.05) is 30.0 Å². The SMILES string of the molecule is CC(C)(C)OC(=O)Nc1ccc(C#Cc2ccccc2)cn1. The van der Waals surface area contributed by atoms with Gasteiger partial charge >= 0.3 is 6.09 Å². The Morgan fingerprint density at radius 3 is 2.32 bits per heavy atom. The van der Waals surface area contributed by atoms with Gasteiger partial charge in [-0.15, -0.1) is 0 Å². The number of benzene rings is 1. The van der Waals surface area contributed by atoms with E-state index in [0.717, 1.165) is 11.1 Å². The Balaban J connectivity index is 1.99. The van der Waals surface area contributed by atoms with Crippen molar-refractivity contribution in [3.8, 4) is 11.8 Å². The standard InChI is InChI=1S/C18H18N2O2/c1-18(2,3)22-17(21)20-16-12-11-15(13-19-16)10-9-14-7-5-4-6-8-14/h4-8,11-13H,1-3H3,(H,19,20,21). The van der Waals surface area contributed by atoms with Gasteiger partial charge in [0.05, 0.1) is 0 Å². The van der Waals surface area contributed by atoms with E-state index in [9.17, 15) is 4.79 Å². The third-order valence-electron chi connectivity index (χ3n) is 2.52. The fraction of sp³-hybridized carbons (Fsp3) is 0.222. The summed E-state index contributed by atoms with van der Waals surface area (Å²) in [5.41, 5.74) is 1.18. The second-order valence-corrected chi connectivity index (χ2v) is 5.68. The lowest BCUT2D eigenvalue weighted by molar-refractivity contribution is 0.0635. The third-order valence-corrected chi connectivity index (χ3v) is 2.52. The smallest absolute Gasteiger partial charge is 0.413 e. The first-order chi connectivity index (χ1) is 10.4. The molecule has 0 radical (unpaired) electrons. The van der Waals surface area contributed by atoms with Crippen molar-refractivity contribution < 1.29 is 9.53 Å². The van der Waals surface area contributed by atoms with E-state index < -0.39 is 11.7 Å². The molecule has 1 amide bonds. The van der Waals surface area contributed by atoms with Crippen molar-refractivity contribution in [2.75, 3.05) is 5.32 Å². The molecule has 0 aliphatic heterocycles. The normalized spacial score (nSPS) is 10.3. The monoisotopic (exact) mass is 294 g/mol. The number of pyridine rings is 1. The van der Waals surface area contributed by atoms with Gasteiger partial charge in [0, 0.05) is 17.3 Å². The summed E-state index contributed by atoms with van der Waals surface area (Å²) in [4.78, 5) is 15.8. The van der Waals surface area contributed by atoms with Crippen LogP contribution in [0.25, 0.3) is 0 Å². The zero-order chi connectivity index (χ0) is 16.0. The Hall–Kier alpha value is -2.80. The minimum atomic E-state index is -0.537.